The summed E-state index contributed by atoms with van der Waals surface area (Å²) in [5, 5.41) is 3.61. The average molecular weight is 256 g/mol. The zero-order chi connectivity index (χ0) is 12.8. The lowest BCUT2D eigenvalue weighted by Gasteiger charge is -2.38. The molecular formula is C14H28N2O2. The van der Waals surface area contributed by atoms with E-state index >= 15 is 0 Å². The first-order chi connectivity index (χ1) is 8.83. The number of ether oxygens (including phenoxy) is 2. The summed E-state index contributed by atoms with van der Waals surface area (Å²) in [4.78, 5) is 2.58. The van der Waals surface area contributed by atoms with E-state index in [0.717, 1.165) is 26.2 Å². The minimum absolute atomic E-state index is 0.480. The minimum Gasteiger partial charge on any atom is -0.381 e. The molecule has 0 aliphatic carbocycles. The predicted octanol–water partition coefficient (Wildman–Crippen LogP) is 1.11. The van der Waals surface area contributed by atoms with E-state index in [0.29, 0.717) is 18.1 Å². The molecule has 2 saturated heterocycles. The van der Waals surface area contributed by atoms with Crippen LogP contribution >= 0.6 is 0 Å². The van der Waals surface area contributed by atoms with Gasteiger partial charge in [0.1, 0.15) is 0 Å². The summed E-state index contributed by atoms with van der Waals surface area (Å²) in [7, 11) is 1.83. The van der Waals surface area contributed by atoms with E-state index in [1.165, 1.54) is 32.5 Å². The third-order valence-electron chi connectivity index (χ3n) is 4.30. The second-order valence-electron chi connectivity index (χ2n) is 5.52. The summed E-state index contributed by atoms with van der Waals surface area (Å²) < 4.78 is 11.1. The maximum absolute atomic E-state index is 5.65. The van der Waals surface area contributed by atoms with Gasteiger partial charge in [-0.05, 0) is 25.8 Å². The van der Waals surface area contributed by atoms with Crippen LogP contribution in [0, 0.1) is 5.92 Å². The predicted molar refractivity (Wildman–Crippen MR) is 72.9 cm³/mol. The van der Waals surface area contributed by atoms with Crippen molar-refractivity contribution in [3.05, 3.63) is 0 Å². The molecule has 2 unspecified atom stereocenters. The molecule has 2 heterocycles. The largest absolute Gasteiger partial charge is 0.381 e. The van der Waals surface area contributed by atoms with Gasteiger partial charge in [-0.2, -0.15) is 0 Å². The number of methoxy groups -OCH3 is 1. The van der Waals surface area contributed by atoms with Crippen LogP contribution in [0.5, 0.6) is 0 Å². The molecule has 2 aliphatic rings. The number of hydrogen-bond donors (Lipinski definition) is 1. The van der Waals surface area contributed by atoms with Crippen LogP contribution in [0.25, 0.3) is 0 Å². The van der Waals surface area contributed by atoms with Crippen molar-refractivity contribution in [1.29, 1.82) is 0 Å². The Bertz CT molecular complexity index is 228. The summed E-state index contributed by atoms with van der Waals surface area (Å²) >= 11 is 0. The molecule has 2 rings (SSSR count). The summed E-state index contributed by atoms with van der Waals surface area (Å²) in [6.45, 7) is 8.61. The molecule has 4 heteroatoms. The van der Waals surface area contributed by atoms with Gasteiger partial charge in [-0.25, -0.2) is 0 Å². The first-order valence-electron chi connectivity index (χ1n) is 7.39. The molecular weight excluding hydrogens is 228 g/mol. The Labute approximate surface area is 111 Å². The molecule has 0 aromatic heterocycles. The zero-order valence-corrected chi connectivity index (χ0v) is 11.9. The Morgan fingerprint density at radius 3 is 2.72 bits per heavy atom. The maximum Gasteiger partial charge on any atom is 0.0595 e. The van der Waals surface area contributed by atoms with Gasteiger partial charge in [0.05, 0.1) is 12.7 Å². The van der Waals surface area contributed by atoms with Crippen LogP contribution in [0.15, 0.2) is 0 Å². The molecule has 1 N–H and O–H groups in total. The Hall–Kier alpha value is -0.160. The van der Waals surface area contributed by atoms with Gasteiger partial charge in [-0.1, -0.05) is 6.92 Å². The number of hydrogen-bond acceptors (Lipinski definition) is 4. The molecule has 0 amide bonds. The van der Waals surface area contributed by atoms with Crippen LogP contribution in [0.1, 0.15) is 26.2 Å². The van der Waals surface area contributed by atoms with Gasteiger partial charge >= 0.3 is 0 Å². The monoisotopic (exact) mass is 256 g/mol. The zero-order valence-electron chi connectivity index (χ0n) is 11.9. The number of rotatable bonds is 5. The van der Waals surface area contributed by atoms with Gasteiger partial charge in [-0.15, -0.1) is 0 Å². The fourth-order valence-electron chi connectivity index (χ4n) is 3.17. The van der Waals surface area contributed by atoms with Crippen molar-refractivity contribution in [2.45, 2.75) is 38.3 Å². The second-order valence-corrected chi connectivity index (χ2v) is 5.52. The van der Waals surface area contributed by atoms with Crippen molar-refractivity contribution in [3.8, 4) is 0 Å². The lowest BCUT2D eigenvalue weighted by atomic mass is 9.94. The Balaban J connectivity index is 1.77. The van der Waals surface area contributed by atoms with Crippen LogP contribution < -0.4 is 5.32 Å². The lowest BCUT2D eigenvalue weighted by molar-refractivity contribution is -0.00182. The van der Waals surface area contributed by atoms with E-state index in [1.807, 2.05) is 7.11 Å². The van der Waals surface area contributed by atoms with Crippen LogP contribution in [0.3, 0.4) is 0 Å². The molecule has 0 spiro atoms. The molecule has 2 fully saturated rings. The highest BCUT2D eigenvalue weighted by molar-refractivity contribution is 4.83. The van der Waals surface area contributed by atoms with E-state index in [1.54, 1.807) is 0 Å². The van der Waals surface area contributed by atoms with Crippen molar-refractivity contribution in [3.63, 3.8) is 0 Å². The van der Waals surface area contributed by atoms with Crippen molar-refractivity contribution < 1.29 is 9.47 Å². The van der Waals surface area contributed by atoms with E-state index in [-0.39, 0.29) is 0 Å². The summed E-state index contributed by atoms with van der Waals surface area (Å²) in [5.74, 6) is 0.651. The van der Waals surface area contributed by atoms with Crippen LogP contribution in [-0.2, 0) is 9.47 Å². The fourth-order valence-corrected chi connectivity index (χ4v) is 3.17. The summed E-state index contributed by atoms with van der Waals surface area (Å²) in [6.07, 6.45) is 3.99. The second kappa shape index (κ2) is 7.43. The average Bonchev–Trinajstić information content (AvgIpc) is 2.42. The third-order valence-corrected chi connectivity index (χ3v) is 4.30. The molecule has 4 nitrogen and oxygen atoms in total. The lowest BCUT2D eigenvalue weighted by Crippen LogP contribution is -2.49. The van der Waals surface area contributed by atoms with Crippen molar-refractivity contribution in [1.82, 2.24) is 10.2 Å². The Morgan fingerprint density at radius 1 is 1.28 bits per heavy atom. The first-order valence-corrected chi connectivity index (χ1v) is 7.39. The van der Waals surface area contributed by atoms with E-state index in [4.69, 9.17) is 9.47 Å². The van der Waals surface area contributed by atoms with Crippen LogP contribution in [0.2, 0.25) is 0 Å². The van der Waals surface area contributed by atoms with E-state index < -0.39 is 0 Å². The van der Waals surface area contributed by atoms with Crippen LogP contribution in [-0.4, -0.2) is 63.5 Å². The van der Waals surface area contributed by atoms with Gasteiger partial charge in [0.15, 0.2) is 0 Å². The van der Waals surface area contributed by atoms with E-state index in [2.05, 4.69) is 17.1 Å². The summed E-state index contributed by atoms with van der Waals surface area (Å²) in [5.41, 5.74) is 0. The highest BCUT2D eigenvalue weighted by Gasteiger charge is 2.28. The molecule has 0 aromatic carbocycles. The smallest absolute Gasteiger partial charge is 0.0595 e. The molecule has 0 saturated carbocycles. The Morgan fingerprint density at radius 2 is 2.06 bits per heavy atom. The molecule has 0 radical (unpaired) electrons. The van der Waals surface area contributed by atoms with Gasteiger partial charge < -0.3 is 19.7 Å². The molecule has 2 aliphatic heterocycles. The SMILES string of the molecule is CCNC1CCOCC1CN1CCC(OC)CC1. The van der Waals surface area contributed by atoms with Crippen molar-refractivity contribution >= 4 is 0 Å². The molecule has 2 atom stereocenters. The van der Waals surface area contributed by atoms with Crippen LogP contribution in [0.4, 0.5) is 0 Å². The highest BCUT2D eigenvalue weighted by atomic mass is 16.5. The van der Waals surface area contributed by atoms with Gasteiger partial charge in [0.25, 0.3) is 0 Å². The summed E-state index contributed by atoms with van der Waals surface area (Å²) in [6, 6.07) is 0.642. The molecule has 0 bridgehead atoms. The number of likely N-dealkylation sites (tertiary alicyclic amines) is 1. The maximum atomic E-state index is 5.65. The number of piperidine rings is 1. The molecule has 106 valence electrons. The quantitative estimate of drug-likeness (QED) is 0.799. The first kappa shape index (κ1) is 14.3. The standard InChI is InChI=1S/C14H28N2O2/c1-3-15-14-6-9-18-11-12(14)10-16-7-4-13(17-2)5-8-16/h12-15H,3-11H2,1-2H3. The fraction of sp³-hybridized carbons (Fsp3) is 1.00. The van der Waals surface area contributed by atoms with Crippen molar-refractivity contribution in [2.75, 3.05) is 46.5 Å². The third kappa shape index (κ3) is 3.92. The van der Waals surface area contributed by atoms with Crippen molar-refractivity contribution in [2.24, 2.45) is 5.92 Å². The normalized spacial score (nSPS) is 31.7. The number of nitrogens with zero attached hydrogens (tertiary/aromatic N) is 1. The Kier molecular flexibility index (Phi) is 5.89. The van der Waals surface area contributed by atoms with Gasteiger partial charge in [0, 0.05) is 45.3 Å². The van der Waals surface area contributed by atoms with Gasteiger partial charge in [-0.3, -0.25) is 0 Å². The highest BCUT2D eigenvalue weighted by Crippen LogP contribution is 2.19. The topological polar surface area (TPSA) is 33.7 Å². The molecule has 18 heavy (non-hydrogen) atoms. The minimum atomic E-state index is 0.480. The molecule has 0 aromatic rings. The van der Waals surface area contributed by atoms with Gasteiger partial charge in [0.2, 0.25) is 0 Å². The number of nitrogens with one attached hydrogen (secondary N) is 1. The van der Waals surface area contributed by atoms with E-state index in [9.17, 15) is 0 Å².